The van der Waals surface area contributed by atoms with Crippen molar-refractivity contribution in [2.24, 2.45) is 0 Å². The van der Waals surface area contributed by atoms with Gasteiger partial charge in [0, 0.05) is 17.8 Å². The minimum absolute atomic E-state index is 0.207. The zero-order chi connectivity index (χ0) is 17.7. The molecule has 0 aromatic carbocycles. The molecule has 0 spiro atoms. The zero-order valence-electron chi connectivity index (χ0n) is 12.2. The average molecular weight is 342 g/mol. The molecule has 0 radical (unpaired) electrons. The van der Waals surface area contributed by atoms with Crippen LogP contribution in [0.3, 0.4) is 0 Å². The fraction of sp³-hybridized carbons (Fsp3) is 0.286. The molecule has 0 saturated heterocycles. The molecule has 2 heterocycles. The van der Waals surface area contributed by atoms with Gasteiger partial charge in [0.1, 0.15) is 0 Å². The fourth-order valence-electron chi connectivity index (χ4n) is 1.69. The number of carbonyl (C=O) groups is 2. The van der Waals surface area contributed by atoms with E-state index in [1.807, 2.05) is 6.07 Å². The molecule has 2 aromatic heterocycles. The van der Waals surface area contributed by atoms with Crippen LogP contribution in [0.5, 0.6) is 0 Å². The highest BCUT2D eigenvalue weighted by molar-refractivity contribution is 6.02. The summed E-state index contributed by atoms with van der Waals surface area (Å²) in [5, 5.41) is 16.8. The minimum atomic E-state index is -5.08. The topological polar surface area (TPSA) is 108 Å². The van der Waals surface area contributed by atoms with Crippen LogP contribution in [0, 0.1) is 0 Å². The van der Waals surface area contributed by atoms with E-state index in [1.165, 1.54) is 12.8 Å². The van der Waals surface area contributed by atoms with Crippen molar-refractivity contribution in [3.05, 3.63) is 42.0 Å². The number of carboxylic acid groups (broad SMARTS) is 1. The third kappa shape index (κ3) is 5.07. The SMILES string of the molecule is O=C(Nc1cccnc1)c1cc(C2CC2)[nH]n1.O=C(O)C(F)(F)F. The first kappa shape index (κ1) is 17.4. The molecule has 7 nitrogen and oxygen atoms in total. The number of H-pyrrole nitrogens is 1. The van der Waals surface area contributed by atoms with E-state index in [-0.39, 0.29) is 5.91 Å². The van der Waals surface area contributed by atoms with Crippen LogP contribution in [0.2, 0.25) is 0 Å². The van der Waals surface area contributed by atoms with Crippen LogP contribution in [0.15, 0.2) is 30.6 Å². The lowest BCUT2D eigenvalue weighted by molar-refractivity contribution is -0.192. The van der Waals surface area contributed by atoms with E-state index in [0.29, 0.717) is 17.3 Å². The molecular weight excluding hydrogens is 329 g/mol. The van der Waals surface area contributed by atoms with Crippen molar-refractivity contribution in [1.29, 1.82) is 0 Å². The molecular formula is C14H13F3N4O3. The van der Waals surface area contributed by atoms with Crippen LogP contribution < -0.4 is 5.32 Å². The van der Waals surface area contributed by atoms with Gasteiger partial charge in [-0.15, -0.1) is 0 Å². The van der Waals surface area contributed by atoms with Crippen LogP contribution >= 0.6 is 0 Å². The van der Waals surface area contributed by atoms with Crippen LogP contribution in [0.25, 0.3) is 0 Å². The molecule has 3 N–H and O–H groups in total. The Kier molecular flexibility index (Phi) is 5.17. The van der Waals surface area contributed by atoms with Gasteiger partial charge in [-0.25, -0.2) is 4.79 Å². The lowest BCUT2D eigenvalue weighted by atomic mass is 10.2. The number of carboxylic acids is 1. The number of carbonyl (C=O) groups excluding carboxylic acids is 1. The van der Waals surface area contributed by atoms with Crippen molar-refractivity contribution in [2.75, 3.05) is 5.32 Å². The predicted octanol–water partition coefficient (Wildman–Crippen LogP) is 2.57. The standard InChI is InChI=1S/C12H12N4O.C2HF3O2/c17-12(14-9-2-1-5-13-7-9)11-6-10(15-16-11)8-3-4-8;3-2(4,5)1(6)7/h1-2,5-8H,3-4H2,(H,14,17)(H,15,16);(H,6,7). The van der Waals surface area contributed by atoms with Crippen molar-refractivity contribution >= 4 is 17.6 Å². The Bertz CT molecular complexity index is 712. The van der Waals surface area contributed by atoms with Crippen molar-refractivity contribution < 1.29 is 27.9 Å². The Balaban J connectivity index is 0.000000256. The normalized spacial score (nSPS) is 13.6. The van der Waals surface area contributed by atoms with Gasteiger partial charge in [-0.2, -0.15) is 18.3 Å². The number of aliphatic carboxylic acids is 1. The van der Waals surface area contributed by atoms with Gasteiger partial charge < -0.3 is 10.4 Å². The number of nitrogens with zero attached hydrogens (tertiary/aromatic N) is 2. The third-order valence-electron chi connectivity index (χ3n) is 3.01. The number of rotatable bonds is 3. The smallest absolute Gasteiger partial charge is 0.475 e. The van der Waals surface area contributed by atoms with E-state index >= 15 is 0 Å². The van der Waals surface area contributed by atoms with Crippen LogP contribution in [-0.4, -0.2) is 38.3 Å². The van der Waals surface area contributed by atoms with Gasteiger partial charge in [0.15, 0.2) is 5.69 Å². The van der Waals surface area contributed by atoms with Crippen LogP contribution in [-0.2, 0) is 4.79 Å². The molecule has 128 valence electrons. The Hall–Kier alpha value is -2.91. The van der Waals surface area contributed by atoms with E-state index in [1.54, 1.807) is 24.5 Å². The van der Waals surface area contributed by atoms with Gasteiger partial charge in [-0.3, -0.25) is 14.9 Å². The number of alkyl halides is 3. The number of halogens is 3. The largest absolute Gasteiger partial charge is 0.490 e. The average Bonchev–Trinajstić information content (AvgIpc) is 3.25. The van der Waals surface area contributed by atoms with Crippen molar-refractivity contribution in [3.63, 3.8) is 0 Å². The molecule has 1 amide bonds. The molecule has 0 bridgehead atoms. The second-order valence-electron chi connectivity index (χ2n) is 4.98. The zero-order valence-corrected chi connectivity index (χ0v) is 12.2. The van der Waals surface area contributed by atoms with Gasteiger partial charge >= 0.3 is 12.1 Å². The van der Waals surface area contributed by atoms with Gasteiger partial charge in [0.25, 0.3) is 5.91 Å². The first-order chi connectivity index (χ1) is 11.3. The lowest BCUT2D eigenvalue weighted by Crippen LogP contribution is -2.21. The summed E-state index contributed by atoms with van der Waals surface area (Å²) in [4.78, 5) is 24.7. The lowest BCUT2D eigenvalue weighted by Gasteiger charge is -2.00. The molecule has 0 aliphatic heterocycles. The van der Waals surface area contributed by atoms with E-state index in [0.717, 1.165) is 5.69 Å². The number of anilines is 1. The van der Waals surface area contributed by atoms with E-state index in [4.69, 9.17) is 9.90 Å². The molecule has 2 aromatic rings. The highest BCUT2D eigenvalue weighted by atomic mass is 19.4. The number of hydrogen-bond acceptors (Lipinski definition) is 4. The molecule has 10 heteroatoms. The Morgan fingerprint density at radius 1 is 1.33 bits per heavy atom. The second kappa shape index (κ2) is 7.11. The Morgan fingerprint density at radius 3 is 2.50 bits per heavy atom. The summed E-state index contributed by atoms with van der Waals surface area (Å²) in [6.45, 7) is 0. The minimum Gasteiger partial charge on any atom is -0.475 e. The quantitative estimate of drug-likeness (QED) is 0.794. The molecule has 1 aliphatic carbocycles. The Labute approximate surface area is 133 Å². The van der Waals surface area contributed by atoms with Crippen LogP contribution in [0.4, 0.5) is 18.9 Å². The summed E-state index contributed by atoms with van der Waals surface area (Å²) in [7, 11) is 0. The summed E-state index contributed by atoms with van der Waals surface area (Å²) >= 11 is 0. The molecule has 0 atom stereocenters. The number of amides is 1. The first-order valence-corrected chi connectivity index (χ1v) is 6.84. The highest BCUT2D eigenvalue weighted by Crippen LogP contribution is 2.39. The van der Waals surface area contributed by atoms with Gasteiger partial charge in [-0.05, 0) is 31.0 Å². The van der Waals surface area contributed by atoms with E-state index < -0.39 is 12.1 Å². The number of aromatic nitrogens is 3. The van der Waals surface area contributed by atoms with Gasteiger partial charge in [0.2, 0.25) is 0 Å². The molecule has 24 heavy (non-hydrogen) atoms. The van der Waals surface area contributed by atoms with Gasteiger partial charge in [0.05, 0.1) is 11.9 Å². The first-order valence-electron chi connectivity index (χ1n) is 6.84. The summed E-state index contributed by atoms with van der Waals surface area (Å²) in [5.41, 5.74) is 2.16. The number of nitrogens with one attached hydrogen (secondary N) is 2. The fourth-order valence-corrected chi connectivity index (χ4v) is 1.69. The summed E-state index contributed by atoms with van der Waals surface area (Å²) in [6, 6.07) is 5.39. The number of aromatic amines is 1. The van der Waals surface area contributed by atoms with E-state index in [9.17, 15) is 18.0 Å². The molecule has 0 unspecified atom stereocenters. The van der Waals surface area contributed by atoms with Gasteiger partial charge in [-0.1, -0.05) is 0 Å². The monoisotopic (exact) mass is 342 g/mol. The predicted molar refractivity (Wildman–Crippen MR) is 76.4 cm³/mol. The number of hydrogen-bond donors (Lipinski definition) is 3. The third-order valence-corrected chi connectivity index (χ3v) is 3.01. The number of pyridine rings is 1. The van der Waals surface area contributed by atoms with Crippen molar-refractivity contribution in [1.82, 2.24) is 15.2 Å². The summed E-state index contributed by atoms with van der Waals surface area (Å²) < 4.78 is 31.7. The summed E-state index contributed by atoms with van der Waals surface area (Å²) in [5.74, 6) is -2.39. The second-order valence-corrected chi connectivity index (χ2v) is 4.98. The molecule has 1 saturated carbocycles. The maximum Gasteiger partial charge on any atom is 0.490 e. The maximum atomic E-state index is 11.8. The molecule has 1 aliphatic rings. The summed E-state index contributed by atoms with van der Waals surface area (Å²) in [6.07, 6.45) is 0.555. The Morgan fingerprint density at radius 2 is 2.00 bits per heavy atom. The van der Waals surface area contributed by atoms with Crippen molar-refractivity contribution in [2.45, 2.75) is 24.9 Å². The van der Waals surface area contributed by atoms with Crippen molar-refractivity contribution in [3.8, 4) is 0 Å². The maximum absolute atomic E-state index is 11.8. The highest BCUT2D eigenvalue weighted by Gasteiger charge is 2.38. The van der Waals surface area contributed by atoms with E-state index in [2.05, 4.69) is 20.5 Å². The molecule has 3 rings (SSSR count). The van der Waals surface area contributed by atoms with Crippen LogP contribution in [0.1, 0.15) is 34.9 Å². The molecule has 1 fully saturated rings.